The lowest BCUT2D eigenvalue weighted by atomic mass is 10.1. The molecule has 0 saturated carbocycles. The van der Waals surface area contributed by atoms with E-state index in [0.29, 0.717) is 11.4 Å². The number of nitrogens with one attached hydrogen (secondary N) is 1. The first-order valence-electron chi connectivity index (χ1n) is 9.97. The maximum atomic E-state index is 12.9. The lowest BCUT2D eigenvalue weighted by Gasteiger charge is -2.22. The minimum Gasteiger partial charge on any atom is -0.495 e. The number of carbonyl (C=O) groups is 3. The summed E-state index contributed by atoms with van der Waals surface area (Å²) in [5, 5.41) is 2.85. The Bertz CT molecular complexity index is 995. The number of carbonyl (C=O) groups excluding carboxylic acids is 3. The van der Waals surface area contributed by atoms with Crippen LogP contribution in [0.25, 0.3) is 0 Å². The molecule has 0 spiro atoms. The van der Waals surface area contributed by atoms with Gasteiger partial charge in [-0.2, -0.15) is 0 Å². The smallest absolute Gasteiger partial charge is 0.244 e. The van der Waals surface area contributed by atoms with Crippen LogP contribution in [0.15, 0.2) is 47.4 Å². The number of likely N-dealkylation sites (N-methyl/N-ethyl adjacent to an activating group) is 1. The van der Waals surface area contributed by atoms with Crippen LogP contribution < -0.4 is 15.0 Å². The van der Waals surface area contributed by atoms with Crippen LogP contribution in [0.3, 0.4) is 0 Å². The van der Waals surface area contributed by atoms with Gasteiger partial charge in [-0.3, -0.25) is 14.4 Å². The number of aryl methyl sites for hydroxylation is 1. The molecule has 0 aliphatic carbocycles. The van der Waals surface area contributed by atoms with Gasteiger partial charge in [-0.15, -0.1) is 11.8 Å². The second-order valence-electron chi connectivity index (χ2n) is 7.52. The van der Waals surface area contributed by atoms with Crippen LogP contribution in [-0.2, 0) is 14.4 Å². The van der Waals surface area contributed by atoms with E-state index >= 15 is 0 Å². The second kappa shape index (κ2) is 9.87. The van der Waals surface area contributed by atoms with Crippen molar-refractivity contribution < 1.29 is 19.1 Å². The van der Waals surface area contributed by atoms with Gasteiger partial charge >= 0.3 is 0 Å². The molecular formula is C23H27N3O4S. The molecule has 0 bridgehead atoms. The Morgan fingerprint density at radius 1 is 1.26 bits per heavy atom. The van der Waals surface area contributed by atoms with Gasteiger partial charge in [0.1, 0.15) is 5.75 Å². The number of para-hydroxylation sites is 1. The molecule has 1 N–H and O–H groups in total. The molecule has 8 heteroatoms. The molecule has 164 valence electrons. The highest BCUT2D eigenvalue weighted by Crippen LogP contribution is 2.34. The van der Waals surface area contributed by atoms with Gasteiger partial charge in [0.25, 0.3) is 0 Å². The molecule has 1 aliphatic heterocycles. The fraction of sp³-hybridized carbons (Fsp3) is 0.348. The van der Waals surface area contributed by atoms with E-state index in [0.717, 1.165) is 16.1 Å². The van der Waals surface area contributed by atoms with Gasteiger partial charge in [0.2, 0.25) is 17.7 Å². The third kappa shape index (κ3) is 5.19. The van der Waals surface area contributed by atoms with Gasteiger partial charge < -0.3 is 19.9 Å². The minimum absolute atomic E-state index is 0.0833. The maximum absolute atomic E-state index is 12.9. The predicted octanol–water partition coefficient (Wildman–Crippen LogP) is 3.18. The summed E-state index contributed by atoms with van der Waals surface area (Å²) in [7, 11) is 3.14. The average Bonchev–Trinajstić information content (AvgIpc) is 3.14. The first-order chi connectivity index (χ1) is 14.8. The Balaban J connectivity index is 1.64. The molecule has 3 rings (SSSR count). The molecule has 1 saturated heterocycles. The van der Waals surface area contributed by atoms with Gasteiger partial charge in [0.15, 0.2) is 0 Å². The number of ether oxygens (including phenoxy) is 1. The first kappa shape index (κ1) is 22.7. The third-order valence-electron chi connectivity index (χ3n) is 5.24. The number of methoxy groups -OCH3 is 1. The number of anilines is 2. The van der Waals surface area contributed by atoms with Crippen molar-refractivity contribution in [1.82, 2.24) is 4.90 Å². The summed E-state index contributed by atoms with van der Waals surface area (Å²) in [6, 6.07) is 13.1. The Kier molecular flexibility index (Phi) is 7.22. The molecule has 1 atom stereocenters. The van der Waals surface area contributed by atoms with Crippen molar-refractivity contribution >= 4 is 40.9 Å². The average molecular weight is 442 g/mol. The quantitative estimate of drug-likeness (QED) is 0.668. The van der Waals surface area contributed by atoms with Crippen LogP contribution in [0.1, 0.15) is 12.0 Å². The number of nitrogens with zero attached hydrogens (tertiary/aromatic N) is 2. The number of benzene rings is 2. The Morgan fingerprint density at radius 3 is 2.71 bits per heavy atom. The fourth-order valence-corrected chi connectivity index (χ4v) is 4.21. The highest BCUT2D eigenvalue weighted by atomic mass is 32.2. The van der Waals surface area contributed by atoms with Crippen LogP contribution in [0.5, 0.6) is 5.75 Å². The van der Waals surface area contributed by atoms with Gasteiger partial charge in [0, 0.05) is 24.9 Å². The first-order valence-corrected chi connectivity index (χ1v) is 11.2. The molecule has 7 nitrogen and oxygen atoms in total. The molecule has 2 aromatic rings. The van der Waals surface area contributed by atoms with Crippen molar-refractivity contribution in [3.05, 3.63) is 48.0 Å². The van der Waals surface area contributed by atoms with Crippen LogP contribution in [0.2, 0.25) is 0 Å². The van der Waals surface area contributed by atoms with Gasteiger partial charge in [0.05, 0.1) is 30.9 Å². The lowest BCUT2D eigenvalue weighted by molar-refractivity contribution is -0.137. The summed E-state index contributed by atoms with van der Waals surface area (Å²) in [6.45, 7) is 2.12. The van der Waals surface area contributed by atoms with E-state index in [2.05, 4.69) is 5.32 Å². The third-order valence-corrected chi connectivity index (χ3v) is 6.03. The highest BCUT2D eigenvalue weighted by molar-refractivity contribution is 7.98. The zero-order valence-corrected chi connectivity index (χ0v) is 19.0. The molecule has 3 amide bonds. The summed E-state index contributed by atoms with van der Waals surface area (Å²) in [6.07, 6.45) is 2.05. The van der Waals surface area contributed by atoms with Crippen molar-refractivity contribution in [2.45, 2.75) is 18.2 Å². The van der Waals surface area contributed by atoms with Crippen LogP contribution in [0, 0.1) is 12.8 Å². The summed E-state index contributed by atoms with van der Waals surface area (Å²) in [5.74, 6) is -0.551. The normalized spacial score (nSPS) is 15.7. The van der Waals surface area contributed by atoms with E-state index in [1.807, 2.05) is 55.6 Å². The molecule has 1 unspecified atom stereocenters. The molecule has 0 aromatic heterocycles. The summed E-state index contributed by atoms with van der Waals surface area (Å²) in [4.78, 5) is 42.0. The van der Waals surface area contributed by atoms with Crippen LogP contribution >= 0.6 is 11.8 Å². The largest absolute Gasteiger partial charge is 0.495 e. The van der Waals surface area contributed by atoms with Crippen LogP contribution in [-0.4, -0.2) is 56.1 Å². The number of hydrogen-bond acceptors (Lipinski definition) is 5. The number of hydrogen-bond donors (Lipinski definition) is 1. The SMILES string of the molecule is COc1ccc(C)cc1N1CC(C(=O)N(C)CC(=O)Nc2ccccc2SC)CC1=O. The topological polar surface area (TPSA) is 79.0 Å². The number of rotatable bonds is 7. The van der Waals surface area contributed by atoms with Crippen LogP contribution in [0.4, 0.5) is 11.4 Å². The zero-order chi connectivity index (χ0) is 22.5. The minimum atomic E-state index is -0.506. The lowest BCUT2D eigenvalue weighted by Crippen LogP contribution is -2.39. The van der Waals surface area contributed by atoms with E-state index in [4.69, 9.17) is 4.74 Å². The van der Waals surface area contributed by atoms with Crippen molar-refractivity contribution in [3.63, 3.8) is 0 Å². The standard InChI is InChI=1S/C23H27N3O4S/c1-15-9-10-19(30-3)18(11-15)26-13-16(12-22(26)28)23(29)25(2)14-21(27)24-17-7-5-6-8-20(17)31-4/h5-11,16H,12-14H2,1-4H3,(H,24,27). The molecule has 1 aliphatic rings. The van der Waals surface area contributed by atoms with Gasteiger partial charge in [-0.1, -0.05) is 18.2 Å². The van der Waals surface area contributed by atoms with Gasteiger partial charge in [-0.25, -0.2) is 0 Å². The highest BCUT2D eigenvalue weighted by Gasteiger charge is 2.37. The molecular weight excluding hydrogens is 414 g/mol. The van der Waals surface area contributed by atoms with Crippen molar-refractivity contribution in [2.75, 3.05) is 43.7 Å². The fourth-order valence-electron chi connectivity index (χ4n) is 3.66. The maximum Gasteiger partial charge on any atom is 0.244 e. The van der Waals surface area contributed by atoms with Gasteiger partial charge in [-0.05, 0) is 43.0 Å². The Labute approximate surface area is 186 Å². The molecule has 31 heavy (non-hydrogen) atoms. The van der Waals surface area contributed by atoms with E-state index < -0.39 is 5.92 Å². The molecule has 1 fully saturated rings. The summed E-state index contributed by atoms with van der Waals surface area (Å²) < 4.78 is 5.39. The monoisotopic (exact) mass is 441 g/mol. The zero-order valence-electron chi connectivity index (χ0n) is 18.2. The molecule has 0 radical (unpaired) electrons. The van der Waals surface area contributed by atoms with E-state index in [9.17, 15) is 14.4 Å². The predicted molar refractivity (Wildman–Crippen MR) is 123 cm³/mol. The van der Waals surface area contributed by atoms with Crippen molar-refractivity contribution in [1.29, 1.82) is 0 Å². The summed E-state index contributed by atoms with van der Waals surface area (Å²) in [5.41, 5.74) is 2.38. The number of amides is 3. The Morgan fingerprint density at radius 2 is 2.00 bits per heavy atom. The van der Waals surface area contributed by atoms with E-state index in [1.165, 1.54) is 16.7 Å². The Hall–Kier alpha value is -3.00. The van der Waals surface area contributed by atoms with E-state index in [1.54, 1.807) is 19.1 Å². The number of thioether (sulfide) groups is 1. The molecule has 1 heterocycles. The molecule has 2 aromatic carbocycles. The van der Waals surface area contributed by atoms with E-state index in [-0.39, 0.29) is 37.2 Å². The van der Waals surface area contributed by atoms with Crippen molar-refractivity contribution in [2.24, 2.45) is 5.92 Å². The van der Waals surface area contributed by atoms with Crippen molar-refractivity contribution in [3.8, 4) is 5.75 Å². The summed E-state index contributed by atoms with van der Waals surface area (Å²) >= 11 is 1.54. The second-order valence-corrected chi connectivity index (χ2v) is 8.37.